The molecule has 0 aliphatic heterocycles. The van der Waals surface area contributed by atoms with Crippen molar-refractivity contribution in [2.75, 3.05) is 25.5 Å². The van der Waals surface area contributed by atoms with Crippen molar-refractivity contribution in [3.8, 4) is 0 Å². The number of anilines is 1. The number of nitrogens with one attached hydrogen (secondary N) is 3. The highest BCUT2D eigenvalue weighted by atomic mass is 16.2. The molecule has 1 aromatic carbocycles. The molecule has 0 aromatic heterocycles. The maximum Gasteiger partial charge on any atom is 0.238 e. The van der Waals surface area contributed by atoms with Crippen LogP contribution in [-0.2, 0) is 16.0 Å². The molecule has 5 heteroatoms. The van der Waals surface area contributed by atoms with Gasteiger partial charge in [0.15, 0.2) is 0 Å². The molecule has 18 heavy (non-hydrogen) atoms. The van der Waals surface area contributed by atoms with Gasteiger partial charge in [0.25, 0.3) is 0 Å². The van der Waals surface area contributed by atoms with Crippen molar-refractivity contribution in [1.82, 2.24) is 10.6 Å². The zero-order valence-corrected chi connectivity index (χ0v) is 10.7. The van der Waals surface area contributed by atoms with Gasteiger partial charge in [0.2, 0.25) is 11.8 Å². The molecule has 0 spiro atoms. The first-order chi connectivity index (χ1) is 8.65. The minimum atomic E-state index is -0.0889. The maximum atomic E-state index is 11.4. The molecule has 0 atom stereocenters. The fourth-order valence-corrected chi connectivity index (χ4v) is 1.52. The van der Waals surface area contributed by atoms with Crippen LogP contribution in [0.5, 0.6) is 0 Å². The third kappa shape index (κ3) is 4.97. The number of rotatable bonds is 6. The standard InChI is InChI=1S/C13H19N3O2/c1-3-15-12(17)8-10-4-6-11(7-5-10)16-13(18)9-14-2/h4-7,14H,3,8-9H2,1-2H3,(H,15,17)(H,16,18). The predicted octanol–water partition coefficient (Wildman–Crippen LogP) is 0.523. The van der Waals surface area contributed by atoms with Gasteiger partial charge in [0.1, 0.15) is 0 Å². The van der Waals surface area contributed by atoms with Gasteiger partial charge in [-0.1, -0.05) is 12.1 Å². The Balaban J connectivity index is 2.52. The van der Waals surface area contributed by atoms with Crippen molar-refractivity contribution in [3.05, 3.63) is 29.8 Å². The molecule has 2 amide bonds. The molecule has 5 nitrogen and oxygen atoms in total. The van der Waals surface area contributed by atoms with Crippen molar-refractivity contribution >= 4 is 17.5 Å². The minimum Gasteiger partial charge on any atom is -0.356 e. The Kier molecular flexibility index (Phi) is 5.87. The van der Waals surface area contributed by atoms with E-state index in [-0.39, 0.29) is 18.4 Å². The molecule has 3 N–H and O–H groups in total. The molecule has 0 saturated heterocycles. The molecule has 0 saturated carbocycles. The van der Waals surface area contributed by atoms with Gasteiger partial charge in [-0.15, -0.1) is 0 Å². The largest absolute Gasteiger partial charge is 0.356 e. The quantitative estimate of drug-likeness (QED) is 0.688. The first kappa shape index (κ1) is 14.2. The molecule has 0 bridgehead atoms. The van der Waals surface area contributed by atoms with E-state index in [1.165, 1.54) is 0 Å². The summed E-state index contributed by atoms with van der Waals surface area (Å²) in [5.41, 5.74) is 1.66. The van der Waals surface area contributed by atoms with Crippen LogP contribution in [0.2, 0.25) is 0 Å². The van der Waals surface area contributed by atoms with Crippen LogP contribution in [-0.4, -0.2) is 32.0 Å². The summed E-state index contributed by atoms with van der Waals surface area (Å²) in [6.07, 6.45) is 0.360. The summed E-state index contributed by atoms with van der Waals surface area (Å²) in [5.74, 6) is -0.0848. The van der Waals surface area contributed by atoms with Crippen LogP contribution in [0, 0.1) is 0 Å². The molecule has 1 rings (SSSR count). The lowest BCUT2D eigenvalue weighted by Crippen LogP contribution is -2.25. The van der Waals surface area contributed by atoms with Gasteiger partial charge >= 0.3 is 0 Å². The molecule has 0 aliphatic carbocycles. The fourth-order valence-electron chi connectivity index (χ4n) is 1.52. The van der Waals surface area contributed by atoms with Crippen molar-refractivity contribution in [2.24, 2.45) is 0 Å². The predicted molar refractivity (Wildman–Crippen MR) is 71.4 cm³/mol. The van der Waals surface area contributed by atoms with Crippen molar-refractivity contribution in [2.45, 2.75) is 13.3 Å². The van der Waals surface area contributed by atoms with E-state index >= 15 is 0 Å². The van der Waals surface area contributed by atoms with Crippen molar-refractivity contribution in [3.63, 3.8) is 0 Å². The fraction of sp³-hybridized carbons (Fsp3) is 0.385. The Morgan fingerprint density at radius 1 is 1.11 bits per heavy atom. The minimum absolute atomic E-state index is 0.00414. The normalized spacial score (nSPS) is 9.89. The lowest BCUT2D eigenvalue weighted by atomic mass is 10.1. The lowest BCUT2D eigenvalue weighted by molar-refractivity contribution is -0.120. The van der Waals surface area contributed by atoms with E-state index in [4.69, 9.17) is 0 Å². The highest BCUT2D eigenvalue weighted by Gasteiger charge is 2.03. The molecule has 1 aromatic rings. The van der Waals surface area contributed by atoms with Crippen LogP contribution in [0.25, 0.3) is 0 Å². The third-order valence-corrected chi connectivity index (χ3v) is 2.31. The monoisotopic (exact) mass is 249 g/mol. The number of carbonyl (C=O) groups excluding carboxylic acids is 2. The van der Waals surface area contributed by atoms with E-state index in [1.54, 1.807) is 19.2 Å². The van der Waals surface area contributed by atoms with Gasteiger partial charge in [-0.05, 0) is 31.7 Å². The van der Waals surface area contributed by atoms with E-state index in [2.05, 4.69) is 16.0 Å². The third-order valence-electron chi connectivity index (χ3n) is 2.31. The SMILES string of the molecule is CCNC(=O)Cc1ccc(NC(=O)CNC)cc1. The summed E-state index contributed by atoms with van der Waals surface area (Å²) in [4.78, 5) is 22.7. The van der Waals surface area contributed by atoms with E-state index in [0.29, 0.717) is 13.0 Å². The second-order valence-electron chi connectivity index (χ2n) is 3.91. The van der Waals surface area contributed by atoms with Crippen molar-refractivity contribution in [1.29, 1.82) is 0 Å². The second-order valence-corrected chi connectivity index (χ2v) is 3.91. The van der Waals surface area contributed by atoms with Crippen LogP contribution < -0.4 is 16.0 Å². The number of amides is 2. The summed E-state index contributed by atoms with van der Waals surface area (Å²) in [6, 6.07) is 7.26. The number of carbonyl (C=O) groups is 2. The van der Waals surface area contributed by atoms with E-state index in [0.717, 1.165) is 11.3 Å². The highest BCUT2D eigenvalue weighted by molar-refractivity contribution is 5.92. The van der Waals surface area contributed by atoms with E-state index in [1.807, 2.05) is 19.1 Å². The lowest BCUT2D eigenvalue weighted by Gasteiger charge is -2.06. The van der Waals surface area contributed by atoms with Crippen LogP contribution in [0.4, 0.5) is 5.69 Å². The second kappa shape index (κ2) is 7.45. The Hall–Kier alpha value is -1.88. The van der Waals surface area contributed by atoms with E-state index < -0.39 is 0 Å². The zero-order chi connectivity index (χ0) is 13.4. The molecule has 0 fully saturated rings. The van der Waals surface area contributed by atoms with Crippen LogP contribution in [0.3, 0.4) is 0 Å². The summed E-state index contributed by atoms with van der Waals surface area (Å²) < 4.78 is 0. The van der Waals surface area contributed by atoms with Gasteiger partial charge in [-0.25, -0.2) is 0 Å². The summed E-state index contributed by atoms with van der Waals surface area (Å²) >= 11 is 0. The Morgan fingerprint density at radius 3 is 2.33 bits per heavy atom. The summed E-state index contributed by atoms with van der Waals surface area (Å²) in [5, 5.41) is 8.26. The summed E-state index contributed by atoms with van der Waals surface area (Å²) in [6.45, 7) is 2.80. The Labute approximate surface area is 107 Å². The first-order valence-electron chi connectivity index (χ1n) is 5.95. The van der Waals surface area contributed by atoms with Gasteiger partial charge in [-0.2, -0.15) is 0 Å². The van der Waals surface area contributed by atoms with Crippen LogP contribution >= 0.6 is 0 Å². The van der Waals surface area contributed by atoms with Gasteiger partial charge in [0, 0.05) is 12.2 Å². The van der Waals surface area contributed by atoms with Crippen LogP contribution in [0.1, 0.15) is 12.5 Å². The number of likely N-dealkylation sites (N-methyl/N-ethyl adjacent to an activating group) is 2. The average molecular weight is 249 g/mol. The molecule has 0 unspecified atom stereocenters. The molecule has 98 valence electrons. The zero-order valence-electron chi connectivity index (χ0n) is 10.7. The molecule has 0 radical (unpaired) electrons. The Bertz CT molecular complexity index is 362. The topological polar surface area (TPSA) is 70.2 Å². The van der Waals surface area contributed by atoms with Crippen molar-refractivity contribution < 1.29 is 9.59 Å². The van der Waals surface area contributed by atoms with Gasteiger partial charge in [0.05, 0.1) is 13.0 Å². The smallest absolute Gasteiger partial charge is 0.238 e. The molecule has 0 heterocycles. The molecular weight excluding hydrogens is 230 g/mol. The summed E-state index contributed by atoms with van der Waals surface area (Å²) in [7, 11) is 1.72. The number of hydrogen-bond donors (Lipinski definition) is 3. The molecular formula is C13H19N3O2. The van der Waals surface area contributed by atoms with Crippen LogP contribution in [0.15, 0.2) is 24.3 Å². The van der Waals surface area contributed by atoms with E-state index in [9.17, 15) is 9.59 Å². The van der Waals surface area contributed by atoms with Gasteiger partial charge in [-0.3, -0.25) is 9.59 Å². The average Bonchev–Trinajstić information content (AvgIpc) is 2.32. The maximum absolute atomic E-state index is 11.4. The number of hydrogen-bond acceptors (Lipinski definition) is 3. The first-order valence-corrected chi connectivity index (χ1v) is 5.95. The Morgan fingerprint density at radius 2 is 1.78 bits per heavy atom. The molecule has 0 aliphatic rings. The highest BCUT2D eigenvalue weighted by Crippen LogP contribution is 2.09. The number of benzene rings is 1. The van der Waals surface area contributed by atoms with Gasteiger partial charge < -0.3 is 16.0 Å².